The lowest BCUT2D eigenvalue weighted by Crippen LogP contribution is -2.36. The lowest BCUT2D eigenvalue weighted by molar-refractivity contribution is 0.0772. The van der Waals surface area contributed by atoms with Gasteiger partial charge in [-0.2, -0.15) is 4.31 Å². The third kappa shape index (κ3) is 4.28. The van der Waals surface area contributed by atoms with Crippen LogP contribution in [0.25, 0.3) is 16.5 Å². The fourth-order valence-electron chi connectivity index (χ4n) is 4.86. The first-order valence-corrected chi connectivity index (χ1v) is 13.5. The maximum atomic E-state index is 13.2. The van der Waals surface area contributed by atoms with Crippen LogP contribution in [0.1, 0.15) is 47.2 Å². The largest absolute Gasteiger partial charge is 0.361 e. The Balaban J connectivity index is 1.36. The van der Waals surface area contributed by atoms with Crippen LogP contribution in [-0.4, -0.2) is 54.7 Å². The Hall–Kier alpha value is -2.61. The van der Waals surface area contributed by atoms with Crippen molar-refractivity contribution in [2.45, 2.75) is 37.5 Å². The molecule has 1 fully saturated rings. The standard InChI is InChI=1S/C26H28ClN3O3S/c1-18-5-7-21-22(17-28-24(21)15-18)19-9-13-29(14-10-19)26(31)20-6-8-23(27)25(16-20)34(32,33)30-11-3-2-4-12-30/h5-9,15-17,28H,2-4,10-14H2,1H3. The Morgan fingerprint density at radius 3 is 2.56 bits per heavy atom. The van der Waals surface area contributed by atoms with Crippen molar-refractivity contribution in [1.82, 2.24) is 14.2 Å². The van der Waals surface area contributed by atoms with Crippen LogP contribution in [0.4, 0.5) is 0 Å². The molecule has 0 unspecified atom stereocenters. The average Bonchev–Trinajstić information content (AvgIpc) is 3.27. The number of amides is 1. The monoisotopic (exact) mass is 497 g/mol. The summed E-state index contributed by atoms with van der Waals surface area (Å²) in [5, 5.41) is 1.33. The van der Waals surface area contributed by atoms with Crippen molar-refractivity contribution in [3.8, 4) is 0 Å². The number of carbonyl (C=O) groups excluding carboxylic acids is 1. The van der Waals surface area contributed by atoms with Gasteiger partial charge in [0.05, 0.1) is 5.02 Å². The van der Waals surface area contributed by atoms with Crippen molar-refractivity contribution in [1.29, 1.82) is 0 Å². The van der Waals surface area contributed by atoms with Gasteiger partial charge in [0, 0.05) is 54.4 Å². The van der Waals surface area contributed by atoms with E-state index in [0.29, 0.717) is 31.7 Å². The first kappa shape index (κ1) is 23.1. The quantitative estimate of drug-likeness (QED) is 0.536. The van der Waals surface area contributed by atoms with E-state index < -0.39 is 10.0 Å². The Kier molecular flexibility index (Phi) is 6.27. The molecule has 0 saturated carbocycles. The number of sulfonamides is 1. The summed E-state index contributed by atoms with van der Waals surface area (Å²) in [5.41, 5.74) is 5.05. The van der Waals surface area contributed by atoms with Crippen molar-refractivity contribution >= 4 is 44.0 Å². The van der Waals surface area contributed by atoms with Crippen molar-refractivity contribution in [3.63, 3.8) is 0 Å². The average molecular weight is 498 g/mol. The van der Waals surface area contributed by atoms with Crippen LogP contribution in [0.15, 0.2) is 53.6 Å². The number of carbonyl (C=O) groups is 1. The molecule has 178 valence electrons. The van der Waals surface area contributed by atoms with Crippen LogP contribution in [0.5, 0.6) is 0 Å². The molecule has 1 amide bonds. The number of hydrogen-bond donors (Lipinski definition) is 1. The minimum absolute atomic E-state index is 0.0178. The number of piperidine rings is 1. The normalized spacial score (nSPS) is 17.7. The molecule has 34 heavy (non-hydrogen) atoms. The van der Waals surface area contributed by atoms with Crippen LogP contribution in [0.2, 0.25) is 5.02 Å². The molecule has 0 atom stereocenters. The lowest BCUT2D eigenvalue weighted by atomic mass is 9.98. The van der Waals surface area contributed by atoms with E-state index in [4.69, 9.17) is 11.6 Å². The van der Waals surface area contributed by atoms with Gasteiger partial charge in [-0.1, -0.05) is 36.2 Å². The second-order valence-electron chi connectivity index (χ2n) is 9.09. The Bertz CT molecular complexity index is 1390. The topological polar surface area (TPSA) is 73.5 Å². The summed E-state index contributed by atoms with van der Waals surface area (Å²) in [6, 6.07) is 10.9. The van der Waals surface area contributed by atoms with Crippen molar-refractivity contribution < 1.29 is 13.2 Å². The molecular weight excluding hydrogens is 470 g/mol. The Morgan fingerprint density at radius 1 is 1.03 bits per heavy atom. The molecule has 6 nitrogen and oxygen atoms in total. The zero-order chi connectivity index (χ0) is 23.9. The zero-order valence-corrected chi connectivity index (χ0v) is 20.8. The number of rotatable bonds is 4. The van der Waals surface area contributed by atoms with E-state index >= 15 is 0 Å². The fraction of sp³-hybridized carbons (Fsp3) is 0.346. The highest BCUT2D eigenvalue weighted by Gasteiger charge is 2.29. The molecule has 2 aliphatic rings. The summed E-state index contributed by atoms with van der Waals surface area (Å²) in [7, 11) is -3.73. The summed E-state index contributed by atoms with van der Waals surface area (Å²) in [6.07, 6.45) is 7.57. The first-order valence-electron chi connectivity index (χ1n) is 11.7. The number of hydrogen-bond acceptors (Lipinski definition) is 3. The lowest BCUT2D eigenvalue weighted by Gasteiger charge is -2.28. The molecule has 0 spiro atoms. The maximum Gasteiger partial charge on any atom is 0.254 e. The summed E-state index contributed by atoms with van der Waals surface area (Å²) < 4.78 is 27.8. The van der Waals surface area contributed by atoms with Gasteiger partial charge in [0.25, 0.3) is 5.91 Å². The molecule has 0 bridgehead atoms. The van der Waals surface area contributed by atoms with Gasteiger partial charge >= 0.3 is 0 Å². The summed E-state index contributed by atoms with van der Waals surface area (Å²) in [6.45, 7) is 4.10. The smallest absolute Gasteiger partial charge is 0.254 e. The van der Waals surface area contributed by atoms with Crippen LogP contribution >= 0.6 is 11.6 Å². The van der Waals surface area contributed by atoms with Gasteiger partial charge in [0.1, 0.15) is 4.90 Å². The van der Waals surface area contributed by atoms with Crippen molar-refractivity contribution in [2.75, 3.05) is 26.2 Å². The number of nitrogens with zero attached hydrogens (tertiary/aromatic N) is 2. The van der Waals surface area contributed by atoms with Gasteiger partial charge in [-0.3, -0.25) is 4.79 Å². The van der Waals surface area contributed by atoms with Crippen LogP contribution in [0, 0.1) is 6.92 Å². The first-order chi connectivity index (χ1) is 16.3. The molecule has 8 heteroatoms. The second-order valence-corrected chi connectivity index (χ2v) is 11.4. The zero-order valence-electron chi connectivity index (χ0n) is 19.2. The molecule has 0 aliphatic carbocycles. The van der Waals surface area contributed by atoms with E-state index in [0.717, 1.165) is 31.2 Å². The molecule has 5 rings (SSSR count). The van der Waals surface area contributed by atoms with Gasteiger partial charge in [-0.05, 0) is 61.6 Å². The molecule has 2 aromatic carbocycles. The predicted molar refractivity (Wildman–Crippen MR) is 136 cm³/mol. The van der Waals surface area contributed by atoms with Crippen molar-refractivity contribution in [3.05, 3.63) is 70.4 Å². The maximum absolute atomic E-state index is 13.2. The minimum Gasteiger partial charge on any atom is -0.361 e. The van der Waals surface area contributed by atoms with Gasteiger partial charge in [0.15, 0.2) is 0 Å². The van der Waals surface area contributed by atoms with E-state index in [1.807, 2.05) is 6.20 Å². The number of aromatic amines is 1. The van der Waals surface area contributed by atoms with Crippen LogP contribution < -0.4 is 0 Å². The summed E-state index contributed by atoms with van der Waals surface area (Å²) >= 11 is 6.28. The molecular formula is C26H28ClN3O3S. The molecule has 1 aromatic heterocycles. The molecule has 0 radical (unpaired) electrons. The molecule has 2 aliphatic heterocycles. The van der Waals surface area contributed by atoms with Crippen LogP contribution in [0.3, 0.4) is 0 Å². The van der Waals surface area contributed by atoms with Gasteiger partial charge in [0.2, 0.25) is 10.0 Å². The number of H-pyrrole nitrogens is 1. The van der Waals surface area contributed by atoms with E-state index in [-0.39, 0.29) is 15.8 Å². The molecule has 1 saturated heterocycles. The highest BCUT2D eigenvalue weighted by Crippen LogP contribution is 2.31. The van der Waals surface area contributed by atoms with Gasteiger partial charge in [-0.15, -0.1) is 0 Å². The second kappa shape index (κ2) is 9.21. The third-order valence-corrected chi connectivity index (χ3v) is 9.17. The highest BCUT2D eigenvalue weighted by atomic mass is 35.5. The Morgan fingerprint density at radius 2 is 1.82 bits per heavy atom. The number of fused-ring (bicyclic) bond motifs is 1. The van der Waals surface area contributed by atoms with Crippen LogP contribution in [-0.2, 0) is 10.0 Å². The Labute approximate surface area is 205 Å². The summed E-state index contributed by atoms with van der Waals surface area (Å²) in [5.74, 6) is -0.184. The number of aryl methyl sites for hydroxylation is 1. The molecule has 1 N–H and O–H groups in total. The predicted octanol–water partition coefficient (Wildman–Crippen LogP) is 5.23. The molecule has 3 aromatic rings. The number of benzene rings is 2. The minimum atomic E-state index is -3.73. The van der Waals surface area contributed by atoms with Gasteiger partial charge in [-0.25, -0.2) is 8.42 Å². The van der Waals surface area contributed by atoms with Gasteiger partial charge < -0.3 is 9.88 Å². The number of aromatic nitrogens is 1. The summed E-state index contributed by atoms with van der Waals surface area (Å²) in [4.78, 5) is 18.4. The molecule has 3 heterocycles. The van der Waals surface area contributed by atoms with E-state index in [1.165, 1.54) is 38.5 Å². The van der Waals surface area contributed by atoms with E-state index in [9.17, 15) is 13.2 Å². The number of nitrogens with one attached hydrogen (secondary N) is 1. The third-order valence-electron chi connectivity index (χ3n) is 6.79. The van der Waals surface area contributed by atoms with Crippen molar-refractivity contribution in [2.24, 2.45) is 0 Å². The van der Waals surface area contributed by atoms with E-state index in [2.05, 4.69) is 36.2 Å². The SMILES string of the molecule is Cc1ccc2c(C3=CCN(C(=O)c4ccc(Cl)c(S(=O)(=O)N5CCCCC5)c4)CC3)c[nH]c2c1. The number of halogens is 1. The van der Waals surface area contributed by atoms with E-state index in [1.54, 1.807) is 11.0 Å². The highest BCUT2D eigenvalue weighted by molar-refractivity contribution is 7.89. The fourth-order valence-corrected chi connectivity index (χ4v) is 6.88.